The fourth-order valence-corrected chi connectivity index (χ4v) is 3.49. The van der Waals surface area contributed by atoms with Gasteiger partial charge in [0.2, 0.25) is 5.91 Å². The number of rotatable bonds is 4. The van der Waals surface area contributed by atoms with Crippen LogP contribution >= 0.6 is 0 Å². The van der Waals surface area contributed by atoms with Gasteiger partial charge in [-0.25, -0.2) is 9.18 Å². The molecule has 2 aromatic rings. The van der Waals surface area contributed by atoms with Crippen LogP contribution in [0.3, 0.4) is 0 Å². The number of anilines is 2. The molecular weight excluding hydrogens is 333 g/mol. The summed E-state index contributed by atoms with van der Waals surface area (Å²) in [6.45, 7) is 0. The molecule has 3 amide bonds. The van der Waals surface area contributed by atoms with E-state index in [4.69, 9.17) is 0 Å². The molecule has 0 unspecified atom stereocenters. The minimum atomic E-state index is -0.693. The summed E-state index contributed by atoms with van der Waals surface area (Å²) in [5.74, 6) is -0.446. The van der Waals surface area contributed by atoms with E-state index < -0.39 is 5.41 Å². The minimum Gasteiger partial charge on any atom is -0.341 e. The van der Waals surface area contributed by atoms with E-state index >= 15 is 0 Å². The molecule has 1 aliphatic rings. The highest BCUT2D eigenvalue weighted by Gasteiger charge is 2.42. The largest absolute Gasteiger partial charge is 0.341 e. The van der Waals surface area contributed by atoms with E-state index in [0.717, 1.165) is 18.4 Å². The maximum Gasteiger partial charge on any atom is 0.318 e. The molecule has 0 spiro atoms. The summed E-state index contributed by atoms with van der Waals surface area (Å²) in [5.41, 5.74) is 1.30. The molecule has 0 aliphatic heterocycles. The topological polar surface area (TPSA) is 70.2 Å². The predicted molar refractivity (Wildman–Crippen MR) is 99.7 cm³/mol. The van der Waals surface area contributed by atoms with Crippen LogP contribution in [0, 0.1) is 5.82 Å². The molecule has 3 N–H and O–H groups in total. The van der Waals surface area contributed by atoms with Crippen molar-refractivity contribution in [1.29, 1.82) is 0 Å². The first-order valence-electron chi connectivity index (χ1n) is 8.70. The van der Waals surface area contributed by atoms with Gasteiger partial charge in [0.25, 0.3) is 0 Å². The molecule has 0 saturated heterocycles. The van der Waals surface area contributed by atoms with Gasteiger partial charge in [0.15, 0.2) is 0 Å². The highest BCUT2D eigenvalue weighted by Crippen LogP contribution is 2.42. The summed E-state index contributed by atoms with van der Waals surface area (Å²) >= 11 is 0. The molecule has 2 aromatic carbocycles. The molecule has 1 fully saturated rings. The molecule has 136 valence electrons. The van der Waals surface area contributed by atoms with Crippen molar-refractivity contribution in [1.82, 2.24) is 5.32 Å². The summed E-state index contributed by atoms with van der Waals surface area (Å²) < 4.78 is 13.7. The van der Waals surface area contributed by atoms with Crippen LogP contribution < -0.4 is 16.0 Å². The molecule has 5 nitrogen and oxygen atoms in total. The van der Waals surface area contributed by atoms with Gasteiger partial charge in [-0.05, 0) is 54.8 Å². The van der Waals surface area contributed by atoms with Gasteiger partial charge >= 0.3 is 6.03 Å². The van der Waals surface area contributed by atoms with E-state index in [9.17, 15) is 14.0 Å². The zero-order chi connectivity index (χ0) is 18.6. The summed E-state index contributed by atoms with van der Waals surface area (Å²) in [5, 5.41) is 8.08. The second-order valence-electron chi connectivity index (χ2n) is 6.54. The van der Waals surface area contributed by atoms with Crippen LogP contribution in [0.1, 0.15) is 31.2 Å². The Balaban J connectivity index is 1.78. The predicted octanol–water partition coefficient (Wildman–Crippen LogP) is 4.03. The summed E-state index contributed by atoms with van der Waals surface area (Å²) in [4.78, 5) is 24.4. The van der Waals surface area contributed by atoms with Gasteiger partial charge in [0.05, 0.1) is 5.41 Å². The van der Waals surface area contributed by atoms with Crippen LogP contribution in [0.4, 0.5) is 20.6 Å². The van der Waals surface area contributed by atoms with Gasteiger partial charge in [0.1, 0.15) is 5.82 Å². The number of benzene rings is 2. The molecule has 1 saturated carbocycles. The average molecular weight is 355 g/mol. The molecule has 0 atom stereocenters. The molecular formula is C20H22FN3O2. The molecule has 26 heavy (non-hydrogen) atoms. The van der Waals surface area contributed by atoms with Crippen LogP contribution in [0.5, 0.6) is 0 Å². The maximum atomic E-state index is 13.7. The van der Waals surface area contributed by atoms with Crippen molar-refractivity contribution in [2.45, 2.75) is 31.1 Å². The molecule has 0 aromatic heterocycles. The lowest BCUT2D eigenvalue weighted by molar-refractivity contribution is -0.121. The second-order valence-corrected chi connectivity index (χ2v) is 6.54. The third kappa shape index (κ3) is 3.69. The third-order valence-electron chi connectivity index (χ3n) is 4.90. The van der Waals surface area contributed by atoms with Gasteiger partial charge < -0.3 is 16.0 Å². The molecule has 0 heterocycles. The Morgan fingerprint density at radius 1 is 0.962 bits per heavy atom. The Morgan fingerprint density at radius 2 is 1.58 bits per heavy atom. The smallest absolute Gasteiger partial charge is 0.318 e. The molecule has 3 rings (SSSR count). The third-order valence-corrected chi connectivity index (χ3v) is 4.90. The molecule has 1 aliphatic carbocycles. The van der Waals surface area contributed by atoms with E-state index in [0.29, 0.717) is 24.2 Å². The highest BCUT2D eigenvalue weighted by molar-refractivity contribution is 5.99. The van der Waals surface area contributed by atoms with Crippen molar-refractivity contribution in [3.63, 3.8) is 0 Å². The van der Waals surface area contributed by atoms with Gasteiger partial charge in [-0.15, -0.1) is 0 Å². The normalized spacial score (nSPS) is 15.3. The maximum absolute atomic E-state index is 13.7. The van der Waals surface area contributed by atoms with Gasteiger partial charge in [0, 0.05) is 18.4 Å². The number of hydrogen-bond acceptors (Lipinski definition) is 2. The van der Waals surface area contributed by atoms with E-state index in [1.54, 1.807) is 30.3 Å². The van der Waals surface area contributed by atoms with E-state index in [1.807, 2.05) is 6.07 Å². The highest BCUT2D eigenvalue weighted by atomic mass is 19.1. The Labute approximate surface area is 152 Å². The van der Waals surface area contributed by atoms with E-state index in [2.05, 4.69) is 16.0 Å². The monoisotopic (exact) mass is 355 g/mol. The van der Waals surface area contributed by atoms with Crippen LogP contribution in [0.15, 0.2) is 48.5 Å². The quantitative estimate of drug-likeness (QED) is 0.775. The Bertz CT molecular complexity index is 799. The van der Waals surface area contributed by atoms with Crippen molar-refractivity contribution in [2.24, 2.45) is 0 Å². The SMILES string of the molecule is CNC(=O)Nc1ccc(NC(=O)C2(c3cccc(F)c3)CCCC2)cc1. The fraction of sp³-hybridized carbons (Fsp3) is 0.300. The van der Waals surface area contributed by atoms with Gasteiger partial charge in [-0.2, -0.15) is 0 Å². The van der Waals surface area contributed by atoms with Crippen LogP contribution in [-0.2, 0) is 10.2 Å². The number of carbonyl (C=O) groups is 2. The van der Waals surface area contributed by atoms with Gasteiger partial charge in [-0.1, -0.05) is 25.0 Å². The van der Waals surface area contributed by atoms with Crippen molar-refractivity contribution >= 4 is 23.3 Å². The fourth-order valence-electron chi connectivity index (χ4n) is 3.49. The molecule has 6 heteroatoms. The number of urea groups is 1. The minimum absolute atomic E-state index is 0.118. The van der Waals surface area contributed by atoms with E-state index in [-0.39, 0.29) is 17.8 Å². The number of nitrogens with one attached hydrogen (secondary N) is 3. The first-order valence-corrected chi connectivity index (χ1v) is 8.70. The number of carbonyl (C=O) groups excluding carboxylic acids is 2. The number of halogens is 1. The Kier molecular flexibility index (Phi) is 5.21. The van der Waals surface area contributed by atoms with Crippen LogP contribution in [0.25, 0.3) is 0 Å². The van der Waals surface area contributed by atoms with Crippen LogP contribution in [-0.4, -0.2) is 19.0 Å². The second kappa shape index (κ2) is 7.56. The molecule has 0 radical (unpaired) electrons. The number of amides is 3. The first-order chi connectivity index (χ1) is 12.5. The average Bonchev–Trinajstić information content (AvgIpc) is 3.14. The Hall–Kier alpha value is -2.89. The summed E-state index contributed by atoms with van der Waals surface area (Å²) in [6.07, 6.45) is 3.30. The lowest BCUT2D eigenvalue weighted by Crippen LogP contribution is -2.38. The standard InChI is InChI=1S/C20H22FN3O2/c1-22-19(26)24-17-9-7-16(8-10-17)23-18(25)20(11-2-3-12-20)14-5-4-6-15(21)13-14/h4-10,13H,2-3,11-12H2,1H3,(H,23,25)(H2,22,24,26). The summed E-state index contributed by atoms with van der Waals surface area (Å²) in [7, 11) is 1.54. The lowest BCUT2D eigenvalue weighted by atomic mass is 9.78. The van der Waals surface area contributed by atoms with Crippen molar-refractivity contribution in [3.05, 3.63) is 59.9 Å². The van der Waals surface area contributed by atoms with Crippen molar-refractivity contribution < 1.29 is 14.0 Å². The van der Waals surface area contributed by atoms with Crippen LogP contribution in [0.2, 0.25) is 0 Å². The summed E-state index contributed by atoms with van der Waals surface area (Å²) in [6, 6.07) is 12.9. The Morgan fingerprint density at radius 3 is 2.15 bits per heavy atom. The van der Waals surface area contributed by atoms with E-state index in [1.165, 1.54) is 19.2 Å². The van der Waals surface area contributed by atoms with Crippen molar-refractivity contribution in [2.75, 3.05) is 17.7 Å². The van der Waals surface area contributed by atoms with Crippen molar-refractivity contribution in [3.8, 4) is 0 Å². The molecule has 0 bridgehead atoms. The number of hydrogen-bond donors (Lipinski definition) is 3. The van der Waals surface area contributed by atoms with Gasteiger partial charge in [-0.3, -0.25) is 4.79 Å². The zero-order valence-corrected chi connectivity index (χ0v) is 14.6. The lowest BCUT2D eigenvalue weighted by Gasteiger charge is -2.28. The first kappa shape index (κ1) is 17.9. The zero-order valence-electron chi connectivity index (χ0n) is 14.6.